The summed E-state index contributed by atoms with van der Waals surface area (Å²) < 4.78 is 11.7. The molecule has 2 heterocycles. The monoisotopic (exact) mass is 387 g/mol. The second kappa shape index (κ2) is 7.39. The lowest BCUT2D eigenvalue weighted by atomic mass is 10.1. The van der Waals surface area contributed by atoms with Crippen molar-refractivity contribution < 1.29 is 13.9 Å². The average molecular weight is 387 g/mol. The van der Waals surface area contributed by atoms with Crippen LogP contribution in [0.4, 0.5) is 5.69 Å². The highest BCUT2D eigenvalue weighted by atomic mass is 16.5. The van der Waals surface area contributed by atoms with Gasteiger partial charge in [0.2, 0.25) is 5.89 Å². The molecule has 29 heavy (non-hydrogen) atoms. The topological polar surface area (TPSA) is 77.3 Å². The van der Waals surface area contributed by atoms with Crippen LogP contribution in [-0.4, -0.2) is 21.5 Å². The van der Waals surface area contributed by atoms with Gasteiger partial charge in [-0.1, -0.05) is 24.3 Å². The summed E-state index contributed by atoms with van der Waals surface area (Å²) in [6.45, 7) is 5.40. The van der Waals surface area contributed by atoms with Gasteiger partial charge in [0.1, 0.15) is 5.75 Å². The number of hydrogen-bond donors (Lipinski definition) is 1. The Labute approximate surface area is 168 Å². The van der Waals surface area contributed by atoms with Crippen LogP contribution in [0, 0.1) is 6.92 Å². The van der Waals surface area contributed by atoms with E-state index in [0.29, 0.717) is 28.6 Å². The standard InChI is InChI=1S/C23H21N3O3/c1-15-11-12-16(21-26-20-19(28-21)10-7-13-24-20)14-18(15)25-22(27)23(2,3)29-17-8-5-4-6-9-17/h4-14H,1-3H3,(H,25,27). The quantitative estimate of drug-likeness (QED) is 0.522. The van der Waals surface area contributed by atoms with Crippen LogP contribution in [0.25, 0.3) is 22.7 Å². The fraction of sp³-hybridized carbons (Fsp3) is 0.174. The Morgan fingerprint density at radius 1 is 1.07 bits per heavy atom. The number of ether oxygens (including phenoxy) is 1. The van der Waals surface area contributed by atoms with Gasteiger partial charge in [-0.2, -0.15) is 4.98 Å². The zero-order valence-corrected chi connectivity index (χ0v) is 16.5. The van der Waals surface area contributed by atoms with E-state index in [0.717, 1.165) is 11.1 Å². The molecule has 2 aromatic heterocycles. The molecule has 2 aromatic carbocycles. The van der Waals surface area contributed by atoms with Crippen molar-refractivity contribution in [2.45, 2.75) is 26.4 Å². The van der Waals surface area contributed by atoms with Crippen LogP contribution in [0.3, 0.4) is 0 Å². The molecule has 0 saturated heterocycles. The first-order valence-electron chi connectivity index (χ1n) is 9.30. The van der Waals surface area contributed by atoms with Crippen molar-refractivity contribution in [2.24, 2.45) is 0 Å². The summed E-state index contributed by atoms with van der Waals surface area (Å²) in [5.41, 5.74) is 2.47. The van der Waals surface area contributed by atoms with Gasteiger partial charge in [0.25, 0.3) is 5.91 Å². The Balaban J connectivity index is 1.58. The third kappa shape index (κ3) is 3.96. The van der Waals surface area contributed by atoms with Crippen molar-refractivity contribution >= 4 is 22.8 Å². The van der Waals surface area contributed by atoms with E-state index in [1.165, 1.54) is 0 Å². The number of aromatic nitrogens is 2. The van der Waals surface area contributed by atoms with Gasteiger partial charge < -0.3 is 14.5 Å². The molecule has 146 valence electrons. The summed E-state index contributed by atoms with van der Waals surface area (Å²) in [4.78, 5) is 21.5. The van der Waals surface area contributed by atoms with Crippen LogP contribution in [0.5, 0.6) is 5.75 Å². The first-order valence-corrected chi connectivity index (χ1v) is 9.30. The second-order valence-corrected chi connectivity index (χ2v) is 7.25. The minimum absolute atomic E-state index is 0.249. The van der Waals surface area contributed by atoms with Crippen LogP contribution in [0.1, 0.15) is 19.4 Å². The molecule has 1 amide bonds. The average Bonchev–Trinajstić information content (AvgIpc) is 3.14. The van der Waals surface area contributed by atoms with Gasteiger partial charge in [-0.15, -0.1) is 0 Å². The molecule has 0 aliphatic carbocycles. The predicted molar refractivity (Wildman–Crippen MR) is 112 cm³/mol. The number of carbonyl (C=O) groups excluding carboxylic acids is 1. The number of carbonyl (C=O) groups is 1. The summed E-state index contributed by atoms with van der Waals surface area (Å²) in [6.07, 6.45) is 1.67. The predicted octanol–water partition coefficient (Wildman–Crippen LogP) is 4.99. The van der Waals surface area contributed by atoms with Crippen LogP contribution < -0.4 is 10.1 Å². The van der Waals surface area contributed by atoms with Crippen molar-refractivity contribution in [3.63, 3.8) is 0 Å². The van der Waals surface area contributed by atoms with Gasteiger partial charge in [-0.3, -0.25) is 4.79 Å². The third-order valence-electron chi connectivity index (χ3n) is 4.56. The lowest BCUT2D eigenvalue weighted by Gasteiger charge is -2.25. The van der Waals surface area contributed by atoms with Crippen molar-refractivity contribution in [3.05, 3.63) is 72.4 Å². The van der Waals surface area contributed by atoms with E-state index in [1.807, 2.05) is 61.5 Å². The lowest BCUT2D eigenvalue weighted by molar-refractivity contribution is -0.128. The van der Waals surface area contributed by atoms with Crippen LogP contribution in [-0.2, 0) is 4.79 Å². The maximum Gasteiger partial charge on any atom is 0.267 e. The third-order valence-corrected chi connectivity index (χ3v) is 4.56. The summed E-state index contributed by atoms with van der Waals surface area (Å²) in [6, 6.07) is 18.6. The van der Waals surface area contributed by atoms with E-state index in [9.17, 15) is 4.79 Å². The van der Waals surface area contributed by atoms with Crippen molar-refractivity contribution in [2.75, 3.05) is 5.32 Å². The molecule has 6 nitrogen and oxygen atoms in total. The number of nitrogens with zero attached hydrogens (tertiary/aromatic N) is 2. The molecule has 0 fully saturated rings. The second-order valence-electron chi connectivity index (χ2n) is 7.25. The number of fused-ring (bicyclic) bond motifs is 1. The Hall–Kier alpha value is -3.67. The largest absolute Gasteiger partial charge is 0.478 e. The molecular weight excluding hydrogens is 366 g/mol. The van der Waals surface area contributed by atoms with Gasteiger partial charge in [0, 0.05) is 17.4 Å². The van der Waals surface area contributed by atoms with E-state index < -0.39 is 5.60 Å². The van der Waals surface area contributed by atoms with Crippen molar-refractivity contribution in [1.29, 1.82) is 0 Å². The highest BCUT2D eigenvalue weighted by molar-refractivity contribution is 5.98. The first-order chi connectivity index (χ1) is 13.9. The summed E-state index contributed by atoms with van der Waals surface area (Å²) in [5, 5.41) is 2.97. The molecule has 6 heteroatoms. The molecule has 4 aromatic rings. The fourth-order valence-electron chi connectivity index (χ4n) is 2.88. The highest BCUT2D eigenvalue weighted by Gasteiger charge is 2.30. The van der Waals surface area contributed by atoms with Gasteiger partial charge in [-0.25, -0.2) is 4.98 Å². The summed E-state index contributed by atoms with van der Waals surface area (Å²) >= 11 is 0. The zero-order chi connectivity index (χ0) is 20.4. The molecule has 4 rings (SSSR count). The molecule has 0 radical (unpaired) electrons. The number of hydrogen-bond acceptors (Lipinski definition) is 5. The zero-order valence-electron chi connectivity index (χ0n) is 16.5. The van der Waals surface area contributed by atoms with E-state index in [2.05, 4.69) is 15.3 Å². The minimum Gasteiger partial charge on any atom is -0.478 e. The number of para-hydroxylation sites is 1. The van der Waals surface area contributed by atoms with E-state index in [1.54, 1.807) is 26.1 Å². The number of oxazole rings is 1. The Kier molecular flexibility index (Phi) is 4.76. The summed E-state index contributed by atoms with van der Waals surface area (Å²) in [7, 11) is 0. The van der Waals surface area contributed by atoms with E-state index >= 15 is 0 Å². The van der Waals surface area contributed by atoms with E-state index in [4.69, 9.17) is 9.15 Å². The molecule has 1 N–H and O–H groups in total. The van der Waals surface area contributed by atoms with E-state index in [-0.39, 0.29) is 5.91 Å². The normalized spacial score (nSPS) is 11.4. The van der Waals surface area contributed by atoms with Crippen molar-refractivity contribution in [1.82, 2.24) is 9.97 Å². The number of pyridine rings is 1. The Morgan fingerprint density at radius 3 is 2.62 bits per heavy atom. The molecule has 0 saturated carbocycles. The van der Waals surface area contributed by atoms with Gasteiger partial charge >= 0.3 is 0 Å². The molecular formula is C23H21N3O3. The molecule has 0 bridgehead atoms. The number of benzene rings is 2. The Bertz CT molecular complexity index is 1130. The molecule has 0 atom stereocenters. The maximum atomic E-state index is 12.9. The number of anilines is 1. The SMILES string of the molecule is Cc1ccc(-c2nc3ncccc3o2)cc1NC(=O)C(C)(C)Oc1ccccc1. The fourth-order valence-corrected chi connectivity index (χ4v) is 2.88. The first kappa shape index (κ1) is 18.7. The molecule has 0 unspecified atom stereocenters. The smallest absolute Gasteiger partial charge is 0.267 e. The number of nitrogens with one attached hydrogen (secondary N) is 1. The van der Waals surface area contributed by atoms with Gasteiger partial charge in [-0.05, 0) is 62.7 Å². The maximum absolute atomic E-state index is 12.9. The van der Waals surface area contributed by atoms with Crippen LogP contribution in [0.2, 0.25) is 0 Å². The number of rotatable bonds is 5. The van der Waals surface area contributed by atoms with Gasteiger partial charge in [0.15, 0.2) is 16.8 Å². The highest BCUT2D eigenvalue weighted by Crippen LogP contribution is 2.28. The molecule has 0 aliphatic rings. The summed E-state index contributed by atoms with van der Waals surface area (Å²) in [5.74, 6) is 0.840. The van der Waals surface area contributed by atoms with Crippen LogP contribution >= 0.6 is 0 Å². The molecule has 0 aliphatic heterocycles. The molecule has 0 spiro atoms. The number of aryl methyl sites for hydroxylation is 1. The van der Waals surface area contributed by atoms with Gasteiger partial charge in [0.05, 0.1) is 0 Å². The Morgan fingerprint density at radius 2 is 1.86 bits per heavy atom. The minimum atomic E-state index is -1.05. The lowest BCUT2D eigenvalue weighted by Crippen LogP contribution is -2.42. The van der Waals surface area contributed by atoms with Crippen LogP contribution in [0.15, 0.2) is 71.3 Å². The number of amides is 1. The van der Waals surface area contributed by atoms with Crippen molar-refractivity contribution in [3.8, 4) is 17.2 Å².